The van der Waals surface area contributed by atoms with Gasteiger partial charge in [-0.25, -0.2) is 9.98 Å². The molecule has 0 fully saturated rings. The van der Waals surface area contributed by atoms with E-state index in [1.54, 1.807) is 4.68 Å². The molecule has 0 unspecified atom stereocenters. The molecule has 0 saturated carbocycles. The molecule has 1 aromatic carbocycles. The number of halogens is 1. The van der Waals surface area contributed by atoms with E-state index in [9.17, 15) is 0 Å². The van der Waals surface area contributed by atoms with E-state index < -0.39 is 0 Å². The molecule has 1 aliphatic heterocycles. The predicted molar refractivity (Wildman–Crippen MR) is 115 cm³/mol. The van der Waals surface area contributed by atoms with Gasteiger partial charge in [-0.2, -0.15) is 5.10 Å². The maximum absolute atomic E-state index is 5.50. The summed E-state index contributed by atoms with van der Waals surface area (Å²) in [6.45, 7) is 8.68. The van der Waals surface area contributed by atoms with Crippen molar-refractivity contribution in [2.24, 2.45) is 12.0 Å². The van der Waals surface area contributed by atoms with Crippen molar-refractivity contribution in [2.75, 3.05) is 19.9 Å². The van der Waals surface area contributed by atoms with Crippen LogP contribution in [0.2, 0.25) is 0 Å². The van der Waals surface area contributed by atoms with Crippen LogP contribution in [-0.4, -0.2) is 40.6 Å². The van der Waals surface area contributed by atoms with Crippen LogP contribution in [0.25, 0.3) is 0 Å². The lowest BCUT2D eigenvalue weighted by atomic mass is 9.84. The second-order valence-corrected chi connectivity index (χ2v) is 6.80. The van der Waals surface area contributed by atoms with E-state index in [4.69, 9.17) is 9.47 Å². The van der Waals surface area contributed by atoms with Gasteiger partial charge in [0.05, 0.1) is 0 Å². The average molecular weight is 486 g/mol. The van der Waals surface area contributed by atoms with Crippen molar-refractivity contribution in [1.82, 2.24) is 25.4 Å². The van der Waals surface area contributed by atoms with Gasteiger partial charge in [0.1, 0.15) is 18.7 Å². The number of hydrogen-bond acceptors (Lipinski definition) is 5. The highest BCUT2D eigenvalue weighted by atomic mass is 127. The van der Waals surface area contributed by atoms with Crippen molar-refractivity contribution in [3.63, 3.8) is 0 Å². The Kier molecular flexibility index (Phi) is 7.28. The number of guanidine groups is 1. The second-order valence-electron chi connectivity index (χ2n) is 6.80. The lowest BCUT2D eigenvalue weighted by Crippen LogP contribution is -2.43. The summed E-state index contributed by atoms with van der Waals surface area (Å²) in [7, 11) is 1.86. The topological polar surface area (TPSA) is 85.6 Å². The molecule has 0 bridgehead atoms. The third-order valence-corrected chi connectivity index (χ3v) is 4.38. The Balaban J connectivity index is 0.00000261. The molecule has 2 heterocycles. The molecule has 27 heavy (non-hydrogen) atoms. The molecular weight excluding hydrogens is 459 g/mol. The minimum atomic E-state index is -0.109. The van der Waals surface area contributed by atoms with Crippen LogP contribution in [0.5, 0.6) is 11.5 Å². The molecule has 0 saturated heterocycles. The Morgan fingerprint density at radius 2 is 2.04 bits per heavy atom. The minimum absolute atomic E-state index is 0. The fraction of sp³-hybridized carbons (Fsp3) is 0.500. The van der Waals surface area contributed by atoms with Gasteiger partial charge in [0, 0.05) is 25.6 Å². The summed E-state index contributed by atoms with van der Waals surface area (Å²) in [5.41, 5.74) is 1.07. The number of nitrogens with one attached hydrogen (secondary N) is 2. The van der Waals surface area contributed by atoms with E-state index in [1.165, 1.54) is 11.9 Å². The van der Waals surface area contributed by atoms with Gasteiger partial charge in [-0.3, -0.25) is 4.68 Å². The average Bonchev–Trinajstić information content (AvgIpc) is 3.25. The van der Waals surface area contributed by atoms with Crippen LogP contribution in [0.3, 0.4) is 0 Å². The summed E-state index contributed by atoms with van der Waals surface area (Å²) in [5.74, 6) is 3.18. The summed E-state index contributed by atoms with van der Waals surface area (Å²) in [6.07, 6.45) is 1.54. The lowest BCUT2D eigenvalue weighted by Gasteiger charge is -2.27. The highest BCUT2D eigenvalue weighted by Gasteiger charge is 2.24. The number of aliphatic imine (C=N–C) groups is 1. The van der Waals surface area contributed by atoms with Gasteiger partial charge in [0.2, 0.25) is 6.79 Å². The largest absolute Gasteiger partial charge is 0.454 e. The highest BCUT2D eigenvalue weighted by Crippen LogP contribution is 2.36. The van der Waals surface area contributed by atoms with Gasteiger partial charge in [-0.05, 0) is 24.6 Å². The van der Waals surface area contributed by atoms with Gasteiger partial charge < -0.3 is 20.1 Å². The van der Waals surface area contributed by atoms with E-state index in [-0.39, 0.29) is 36.2 Å². The number of fused-ring (bicyclic) bond motifs is 1. The zero-order chi connectivity index (χ0) is 18.6. The van der Waals surface area contributed by atoms with Crippen molar-refractivity contribution in [1.29, 1.82) is 0 Å². The van der Waals surface area contributed by atoms with Gasteiger partial charge in [-0.15, -0.1) is 24.0 Å². The zero-order valence-corrected chi connectivity index (χ0v) is 18.5. The Hall–Kier alpha value is -2.04. The summed E-state index contributed by atoms with van der Waals surface area (Å²) in [5, 5.41) is 10.8. The number of benzene rings is 1. The first kappa shape index (κ1) is 21.3. The van der Waals surface area contributed by atoms with Crippen molar-refractivity contribution in [3.8, 4) is 11.5 Å². The Bertz CT molecular complexity index is 790. The van der Waals surface area contributed by atoms with E-state index in [0.717, 1.165) is 36.4 Å². The molecule has 8 nitrogen and oxygen atoms in total. The molecule has 0 spiro atoms. The summed E-state index contributed by atoms with van der Waals surface area (Å²) < 4.78 is 12.6. The number of nitrogens with zero attached hydrogens (tertiary/aromatic N) is 4. The third-order valence-electron chi connectivity index (χ3n) is 4.38. The lowest BCUT2D eigenvalue weighted by molar-refractivity contribution is 0.174. The monoisotopic (exact) mass is 486 g/mol. The zero-order valence-electron chi connectivity index (χ0n) is 16.2. The quantitative estimate of drug-likeness (QED) is 0.370. The molecule has 0 atom stereocenters. The molecule has 1 aliphatic rings. The summed E-state index contributed by atoms with van der Waals surface area (Å²) >= 11 is 0. The summed E-state index contributed by atoms with van der Waals surface area (Å²) in [4.78, 5) is 8.80. The van der Waals surface area contributed by atoms with Gasteiger partial charge >= 0.3 is 0 Å². The Morgan fingerprint density at radius 3 is 2.74 bits per heavy atom. The molecule has 2 aromatic rings. The van der Waals surface area contributed by atoms with Crippen molar-refractivity contribution in [2.45, 2.75) is 32.7 Å². The first-order valence-electron chi connectivity index (χ1n) is 8.75. The first-order valence-corrected chi connectivity index (χ1v) is 8.75. The van der Waals surface area contributed by atoms with E-state index in [2.05, 4.69) is 45.6 Å². The SMILES string of the molecule is CCNC(=NCc1ncnn1C)NCC(C)(C)c1ccc2c(c1)OCO2.I. The maximum Gasteiger partial charge on any atom is 0.231 e. The first-order chi connectivity index (χ1) is 12.5. The predicted octanol–water partition coefficient (Wildman–Crippen LogP) is 2.19. The molecule has 0 amide bonds. The second kappa shape index (κ2) is 9.25. The van der Waals surface area contributed by atoms with Crippen LogP contribution < -0.4 is 20.1 Å². The fourth-order valence-electron chi connectivity index (χ4n) is 2.68. The molecule has 1 aromatic heterocycles. The van der Waals surface area contributed by atoms with E-state index >= 15 is 0 Å². The van der Waals surface area contributed by atoms with Crippen molar-refractivity contribution < 1.29 is 9.47 Å². The summed E-state index contributed by atoms with van der Waals surface area (Å²) in [6, 6.07) is 6.10. The highest BCUT2D eigenvalue weighted by molar-refractivity contribution is 14.0. The number of aromatic nitrogens is 3. The molecule has 9 heteroatoms. The number of ether oxygens (including phenoxy) is 2. The van der Waals surface area contributed by atoms with Crippen molar-refractivity contribution >= 4 is 29.9 Å². The normalized spacial score (nSPS) is 13.3. The van der Waals surface area contributed by atoms with Crippen LogP contribution >= 0.6 is 24.0 Å². The van der Waals surface area contributed by atoms with Crippen LogP contribution in [0.1, 0.15) is 32.2 Å². The van der Waals surface area contributed by atoms with Gasteiger partial charge in [0.25, 0.3) is 0 Å². The van der Waals surface area contributed by atoms with Crippen molar-refractivity contribution in [3.05, 3.63) is 35.9 Å². The minimum Gasteiger partial charge on any atom is -0.454 e. The Labute approximate surface area is 176 Å². The van der Waals surface area contributed by atoms with Crippen LogP contribution in [0, 0.1) is 0 Å². The molecule has 2 N–H and O–H groups in total. The molecule has 148 valence electrons. The maximum atomic E-state index is 5.50. The smallest absolute Gasteiger partial charge is 0.231 e. The van der Waals surface area contributed by atoms with Gasteiger partial charge in [0.15, 0.2) is 17.5 Å². The van der Waals surface area contributed by atoms with Crippen LogP contribution in [-0.2, 0) is 19.0 Å². The van der Waals surface area contributed by atoms with Crippen LogP contribution in [0.15, 0.2) is 29.5 Å². The van der Waals surface area contributed by atoms with E-state index in [0.29, 0.717) is 6.54 Å². The van der Waals surface area contributed by atoms with Crippen LogP contribution in [0.4, 0.5) is 0 Å². The third kappa shape index (κ3) is 5.24. The molecular formula is C18H27IN6O2. The number of hydrogen-bond donors (Lipinski definition) is 2. The van der Waals surface area contributed by atoms with E-state index in [1.807, 2.05) is 26.1 Å². The molecule has 0 aliphatic carbocycles. The molecule has 0 radical (unpaired) electrons. The molecule has 3 rings (SSSR count). The standard InChI is InChI=1S/C18H26N6O2.HI/c1-5-19-17(20-9-16-22-11-23-24(16)4)21-10-18(2,3)13-6-7-14-15(8-13)26-12-25-14;/h6-8,11H,5,9-10,12H2,1-4H3,(H2,19,20,21);1H. The Morgan fingerprint density at radius 1 is 1.26 bits per heavy atom. The number of rotatable bonds is 6. The fourth-order valence-corrected chi connectivity index (χ4v) is 2.68. The number of aryl methyl sites for hydroxylation is 1. The van der Waals surface area contributed by atoms with Gasteiger partial charge in [-0.1, -0.05) is 19.9 Å².